The van der Waals surface area contributed by atoms with Crippen LogP contribution in [0.3, 0.4) is 0 Å². The Morgan fingerprint density at radius 1 is 1.62 bits per heavy atom. The van der Waals surface area contributed by atoms with Gasteiger partial charge in [-0.2, -0.15) is 0 Å². The molecule has 21 heavy (non-hydrogen) atoms. The van der Waals surface area contributed by atoms with Crippen molar-refractivity contribution in [2.45, 2.75) is 26.2 Å². The minimum absolute atomic E-state index is 0.0944. The quantitative estimate of drug-likeness (QED) is 0.481. The lowest BCUT2D eigenvalue weighted by molar-refractivity contribution is -0.384. The molecule has 7 nitrogen and oxygen atoms in total. The van der Waals surface area contributed by atoms with Crippen LogP contribution in [0.25, 0.3) is 0 Å². The van der Waals surface area contributed by atoms with Crippen LogP contribution in [0, 0.1) is 16.0 Å². The monoisotopic (exact) mass is 293 g/mol. The fraction of sp³-hybridized carbons (Fsp3) is 0.571. The van der Waals surface area contributed by atoms with Crippen LogP contribution in [0.2, 0.25) is 0 Å². The van der Waals surface area contributed by atoms with Gasteiger partial charge in [-0.05, 0) is 18.8 Å². The van der Waals surface area contributed by atoms with E-state index in [1.54, 1.807) is 0 Å². The summed E-state index contributed by atoms with van der Waals surface area (Å²) in [5.74, 6) is 0.244. The molecule has 7 heteroatoms. The summed E-state index contributed by atoms with van der Waals surface area (Å²) in [6.45, 7) is 3.64. The van der Waals surface area contributed by atoms with Gasteiger partial charge in [0.2, 0.25) is 5.82 Å². The first-order chi connectivity index (χ1) is 10.1. The van der Waals surface area contributed by atoms with Gasteiger partial charge in [-0.25, -0.2) is 9.78 Å². The second kappa shape index (κ2) is 6.51. The average Bonchev–Trinajstić information content (AvgIpc) is 2.53. The highest BCUT2D eigenvalue weighted by molar-refractivity contribution is 5.90. The molecular weight excluding hydrogens is 274 g/mol. The van der Waals surface area contributed by atoms with Crippen molar-refractivity contribution >= 4 is 17.5 Å². The smallest absolute Gasteiger partial charge is 0.339 e. The van der Waals surface area contributed by atoms with Crippen LogP contribution in [-0.2, 0) is 4.74 Å². The van der Waals surface area contributed by atoms with E-state index in [9.17, 15) is 14.9 Å². The highest BCUT2D eigenvalue weighted by Crippen LogP contribution is 2.31. The van der Waals surface area contributed by atoms with Gasteiger partial charge >= 0.3 is 11.7 Å². The highest BCUT2D eigenvalue weighted by Gasteiger charge is 2.27. The molecule has 1 atom stereocenters. The summed E-state index contributed by atoms with van der Waals surface area (Å²) in [6, 6.07) is 1.24. The van der Waals surface area contributed by atoms with Crippen molar-refractivity contribution in [1.82, 2.24) is 4.98 Å². The number of esters is 1. The van der Waals surface area contributed by atoms with E-state index in [1.165, 1.54) is 19.4 Å². The third-order valence-electron chi connectivity index (χ3n) is 3.86. The molecule has 1 aliphatic heterocycles. The first-order valence-electron chi connectivity index (χ1n) is 7.04. The Morgan fingerprint density at radius 3 is 3.00 bits per heavy atom. The van der Waals surface area contributed by atoms with Crippen molar-refractivity contribution in [2.75, 3.05) is 25.1 Å². The zero-order valence-electron chi connectivity index (χ0n) is 12.2. The summed E-state index contributed by atoms with van der Waals surface area (Å²) >= 11 is 0. The summed E-state index contributed by atoms with van der Waals surface area (Å²) in [4.78, 5) is 28.3. The third-order valence-corrected chi connectivity index (χ3v) is 3.86. The molecule has 1 aliphatic rings. The van der Waals surface area contributed by atoms with Gasteiger partial charge in [0.05, 0.1) is 17.6 Å². The number of nitro groups is 1. The van der Waals surface area contributed by atoms with Gasteiger partial charge in [-0.3, -0.25) is 10.1 Å². The molecule has 0 saturated carbocycles. The number of ether oxygens (including phenoxy) is 1. The Morgan fingerprint density at radius 2 is 2.38 bits per heavy atom. The van der Waals surface area contributed by atoms with Crippen LogP contribution >= 0.6 is 0 Å². The predicted molar refractivity (Wildman–Crippen MR) is 77.5 cm³/mol. The zero-order valence-corrected chi connectivity index (χ0v) is 12.2. The van der Waals surface area contributed by atoms with Crippen molar-refractivity contribution in [1.29, 1.82) is 0 Å². The zero-order chi connectivity index (χ0) is 15.4. The Kier molecular flexibility index (Phi) is 4.72. The molecule has 114 valence electrons. The second-order valence-corrected chi connectivity index (χ2v) is 5.18. The number of methoxy groups -OCH3 is 1. The van der Waals surface area contributed by atoms with E-state index < -0.39 is 10.9 Å². The summed E-state index contributed by atoms with van der Waals surface area (Å²) in [7, 11) is 1.23. The number of carbonyl (C=O) groups excluding carboxylic acids is 1. The van der Waals surface area contributed by atoms with Crippen molar-refractivity contribution in [2.24, 2.45) is 5.92 Å². The third kappa shape index (κ3) is 3.29. The highest BCUT2D eigenvalue weighted by atomic mass is 16.6. The minimum Gasteiger partial charge on any atom is -0.465 e. The van der Waals surface area contributed by atoms with Gasteiger partial charge in [0.1, 0.15) is 0 Å². The average molecular weight is 293 g/mol. The molecule has 0 radical (unpaired) electrons. The standard InChI is InChI=1S/C14H19N3O4/c1-3-10-5-4-6-16(9-10)13-12(17(19)20)7-11(8-15-13)14(18)21-2/h7-8,10H,3-6,9H2,1-2H3. The van der Waals surface area contributed by atoms with E-state index in [2.05, 4.69) is 16.6 Å². The Hall–Kier alpha value is -2.18. The minimum atomic E-state index is -0.623. The van der Waals surface area contributed by atoms with E-state index in [0.29, 0.717) is 11.7 Å². The summed E-state index contributed by atoms with van der Waals surface area (Å²) in [6.07, 6.45) is 4.52. The molecule has 0 aliphatic carbocycles. The molecule has 1 aromatic heterocycles. The Balaban J connectivity index is 2.34. The predicted octanol–water partition coefficient (Wildman–Crippen LogP) is 2.40. The molecule has 1 saturated heterocycles. The van der Waals surface area contributed by atoms with Crippen LogP contribution in [-0.4, -0.2) is 36.1 Å². The van der Waals surface area contributed by atoms with E-state index in [-0.39, 0.29) is 11.3 Å². The SMILES string of the molecule is CCC1CCCN(c2ncc(C(=O)OC)cc2[N+](=O)[O-])C1. The van der Waals surface area contributed by atoms with E-state index in [1.807, 2.05) is 4.90 Å². The molecule has 1 fully saturated rings. The van der Waals surface area contributed by atoms with Crippen molar-refractivity contribution in [3.63, 3.8) is 0 Å². The topological polar surface area (TPSA) is 85.6 Å². The second-order valence-electron chi connectivity index (χ2n) is 5.18. The van der Waals surface area contributed by atoms with Crippen LogP contribution in [0.15, 0.2) is 12.3 Å². The molecule has 0 aromatic carbocycles. The maximum Gasteiger partial charge on any atom is 0.339 e. The maximum absolute atomic E-state index is 11.5. The number of aromatic nitrogens is 1. The fourth-order valence-corrected chi connectivity index (χ4v) is 2.64. The molecule has 1 aromatic rings. The number of hydrogen-bond donors (Lipinski definition) is 0. The molecular formula is C14H19N3O4. The summed E-state index contributed by atoms with van der Waals surface area (Å²) in [5.41, 5.74) is -0.0494. The molecule has 2 heterocycles. The number of rotatable bonds is 4. The van der Waals surface area contributed by atoms with Gasteiger partial charge in [0.15, 0.2) is 0 Å². The lowest BCUT2D eigenvalue weighted by Gasteiger charge is -2.32. The number of carbonyl (C=O) groups is 1. The van der Waals surface area contributed by atoms with Crippen LogP contribution in [0.5, 0.6) is 0 Å². The van der Waals surface area contributed by atoms with Gasteiger partial charge in [0.25, 0.3) is 0 Å². The summed E-state index contributed by atoms with van der Waals surface area (Å²) < 4.78 is 4.58. The van der Waals surface area contributed by atoms with Crippen LogP contribution in [0.4, 0.5) is 11.5 Å². The molecule has 2 rings (SSSR count). The lowest BCUT2D eigenvalue weighted by atomic mass is 9.95. The molecule has 0 spiro atoms. The molecule has 0 amide bonds. The van der Waals surface area contributed by atoms with E-state index in [4.69, 9.17) is 0 Å². The normalized spacial score (nSPS) is 18.4. The molecule has 0 N–H and O–H groups in total. The number of nitrogens with zero attached hydrogens (tertiary/aromatic N) is 3. The number of hydrogen-bond acceptors (Lipinski definition) is 6. The summed E-state index contributed by atoms with van der Waals surface area (Å²) in [5, 5.41) is 11.3. The Bertz CT molecular complexity index is 547. The number of anilines is 1. The van der Waals surface area contributed by atoms with Gasteiger partial charge in [0, 0.05) is 25.4 Å². The van der Waals surface area contributed by atoms with Gasteiger partial charge in [-0.1, -0.05) is 13.3 Å². The van der Waals surface area contributed by atoms with Gasteiger partial charge in [-0.15, -0.1) is 0 Å². The fourth-order valence-electron chi connectivity index (χ4n) is 2.64. The number of piperidine rings is 1. The van der Waals surface area contributed by atoms with Crippen molar-refractivity contribution in [3.05, 3.63) is 27.9 Å². The first-order valence-corrected chi connectivity index (χ1v) is 7.04. The Labute approximate surface area is 123 Å². The van der Waals surface area contributed by atoms with Crippen molar-refractivity contribution < 1.29 is 14.5 Å². The van der Waals surface area contributed by atoms with Crippen LogP contribution in [0.1, 0.15) is 36.5 Å². The molecule has 1 unspecified atom stereocenters. The largest absolute Gasteiger partial charge is 0.465 e. The van der Waals surface area contributed by atoms with Crippen molar-refractivity contribution in [3.8, 4) is 0 Å². The van der Waals surface area contributed by atoms with Gasteiger partial charge < -0.3 is 9.64 Å². The number of pyridine rings is 1. The van der Waals surface area contributed by atoms with E-state index >= 15 is 0 Å². The first kappa shape index (κ1) is 15.2. The van der Waals surface area contributed by atoms with Crippen LogP contribution < -0.4 is 4.90 Å². The lowest BCUT2D eigenvalue weighted by Crippen LogP contribution is -2.36. The maximum atomic E-state index is 11.5. The van der Waals surface area contributed by atoms with E-state index in [0.717, 1.165) is 32.4 Å². The molecule has 0 bridgehead atoms.